The van der Waals surface area contributed by atoms with Crippen LogP contribution in [0.5, 0.6) is 0 Å². The third-order valence-electron chi connectivity index (χ3n) is 4.83. The van der Waals surface area contributed by atoms with Crippen LogP contribution < -0.4 is 27.8 Å². The first kappa shape index (κ1) is 24.6. The number of nitrogens with zero attached hydrogens (tertiary/aromatic N) is 1. The van der Waals surface area contributed by atoms with Crippen LogP contribution in [0.15, 0.2) is 35.5 Å². The molecule has 2 rings (SSSR count). The molecule has 1 aromatic carbocycles. The molecule has 2 amide bonds. The molecule has 11 N–H and O–H groups in total. The molecule has 0 saturated carbocycles. The number of nitrogens with two attached hydrogens (primary N) is 3. The molecule has 0 radical (unpaired) electrons. The van der Waals surface area contributed by atoms with E-state index in [0.29, 0.717) is 6.42 Å². The van der Waals surface area contributed by atoms with Crippen molar-refractivity contribution in [2.24, 2.45) is 22.2 Å². The van der Waals surface area contributed by atoms with Crippen molar-refractivity contribution in [2.45, 2.75) is 37.4 Å². The fourth-order valence-corrected chi connectivity index (χ4v) is 3.14. The van der Waals surface area contributed by atoms with Crippen LogP contribution in [-0.2, 0) is 20.8 Å². The zero-order chi connectivity index (χ0) is 23.7. The minimum Gasteiger partial charge on any atom is -0.480 e. The lowest BCUT2D eigenvalue weighted by Gasteiger charge is -2.22. The highest BCUT2D eigenvalue weighted by molar-refractivity contribution is 5.92. The largest absolute Gasteiger partial charge is 0.480 e. The fraction of sp³-hybridized carbons (Fsp3) is 0.400. The summed E-state index contributed by atoms with van der Waals surface area (Å²) in [6, 6.07) is 4.04. The van der Waals surface area contributed by atoms with E-state index >= 15 is 0 Å². The highest BCUT2D eigenvalue weighted by atomic mass is 16.4. The molecule has 2 aromatic rings. The second-order valence-corrected chi connectivity index (χ2v) is 7.26. The van der Waals surface area contributed by atoms with E-state index in [0.717, 1.165) is 16.5 Å². The van der Waals surface area contributed by atoms with Crippen molar-refractivity contribution in [1.29, 1.82) is 0 Å². The van der Waals surface area contributed by atoms with Crippen molar-refractivity contribution in [3.8, 4) is 0 Å². The van der Waals surface area contributed by atoms with Crippen molar-refractivity contribution in [3.05, 3.63) is 36.0 Å². The Kier molecular flexibility index (Phi) is 8.98. The summed E-state index contributed by atoms with van der Waals surface area (Å²) < 4.78 is 0. The van der Waals surface area contributed by atoms with Crippen molar-refractivity contribution in [3.63, 3.8) is 0 Å². The molecule has 0 aliphatic carbocycles. The number of aliphatic hydroxyl groups excluding tert-OH is 1. The molecule has 0 aliphatic rings. The number of H-pyrrole nitrogens is 1. The summed E-state index contributed by atoms with van der Waals surface area (Å²) in [7, 11) is 0. The van der Waals surface area contributed by atoms with Gasteiger partial charge in [0.1, 0.15) is 12.1 Å². The average molecular weight is 447 g/mol. The summed E-state index contributed by atoms with van der Waals surface area (Å²) in [6.07, 6.45) is 2.47. The lowest BCUT2D eigenvalue weighted by Crippen LogP contribution is -2.55. The van der Waals surface area contributed by atoms with Crippen LogP contribution in [0, 0.1) is 0 Å². The van der Waals surface area contributed by atoms with Crippen molar-refractivity contribution < 1.29 is 24.6 Å². The number of aromatic amines is 1. The van der Waals surface area contributed by atoms with Crippen LogP contribution in [-0.4, -0.2) is 70.2 Å². The SMILES string of the molecule is NC(N)=NCCCC(NC(=O)C(N)Cc1c[nH]c2ccccc12)C(=O)NC(CO)C(=O)O. The molecule has 3 atom stereocenters. The number of carboxylic acids is 1. The minimum absolute atomic E-state index is 0.109. The first-order valence-corrected chi connectivity index (χ1v) is 10.0. The molecular weight excluding hydrogens is 418 g/mol. The topological polar surface area (TPSA) is 222 Å². The Hall–Kier alpha value is -3.64. The maximum absolute atomic E-state index is 12.7. The Labute approximate surface area is 184 Å². The number of carbonyl (C=O) groups is 3. The molecular formula is C20H29N7O5. The van der Waals surface area contributed by atoms with Gasteiger partial charge in [-0.2, -0.15) is 0 Å². The van der Waals surface area contributed by atoms with E-state index in [1.807, 2.05) is 24.3 Å². The van der Waals surface area contributed by atoms with Crippen molar-refractivity contribution in [1.82, 2.24) is 15.6 Å². The number of para-hydroxylation sites is 1. The smallest absolute Gasteiger partial charge is 0.328 e. The second kappa shape index (κ2) is 11.7. The van der Waals surface area contributed by atoms with Crippen LogP contribution >= 0.6 is 0 Å². The number of aliphatic imine (C=N–C) groups is 1. The highest BCUT2D eigenvalue weighted by Crippen LogP contribution is 2.18. The summed E-state index contributed by atoms with van der Waals surface area (Å²) in [6.45, 7) is -0.582. The number of amides is 2. The van der Waals surface area contributed by atoms with E-state index in [-0.39, 0.29) is 25.3 Å². The predicted molar refractivity (Wildman–Crippen MR) is 118 cm³/mol. The van der Waals surface area contributed by atoms with Gasteiger partial charge in [0.2, 0.25) is 11.8 Å². The first-order chi connectivity index (χ1) is 15.2. The Bertz CT molecular complexity index is 970. The van der Waals surface area contributed by atoms with E-state index in [9.17, 15) is 14.4 Å². The van der Waals surface area contributed by atoms with Gasteiger partial charge in [0.05, 0.1) is 12.6 Å². The molecule has 12 heteroatoms. The van der Waals surface area contributed by atoms with Gasteiger partial charge < -0.3 is 43.0 Å². The zero-order valence-electron chi connectivity index (χ0n) is 17.5. The summed E-state index contributed by atoms with van der Waals surface area (Å²) in [4.78, 5) is 43.3. The van der Waals surface area contributed by atoms with Gasteiger partial charge in [-0.05, 0) is 30.9 Å². The molecule has 1 aromatic heterocycles. The van der Waals surface area contributed by atoms with Gasteiger partial charge in [0.25, 0.3) is 0 Å². The molecule has 0 bridgehead atoms. The number of hydrogen-bond acceptors (Lipinski definition) is 6. The molecule has 0 fully saturated rings. The predicted octanol–water partition coefficient (Wildman–Crippen LogP) is -1.86. The number of carboxylic acid groups (broad SMARTS) is 1. The number of hydrogen-bond donors (Lipinski definition) is 8. The maximum Gasteiger partial charge on any atom is 0.328 e. The molecule has 32 heavy (non-hydrogen) atoms. The van der Waals surface area contributed by atoms with Gasteiger partial charge in [0.15, 0.2) is 5.96 Å². The summed E-state index contributed by atoms with van der Waals surface area (Å²) >= 11 is 0. The normalized spacial score (nSPS) is 13.7. The molecule has 0 spiro atoms. The fourth-order valence-electron chi connectivity index (χ4n) is 3.14. The van der Waals surface area contributed by atoms with E-state index < -0.39 is 42.5 Å². The molecule has 0 aliphatic heterocycles. The number of guanidine groups is 1. The number of aliphatic carboxylic acids is 1. The van der Waals surface area contributed by atoms with E-state index in [2.05, 4.69) is 20.6 Å². The third-order valence-corrected chi connectivity index (χ3v) is 4.83. The number of carbonyl (C=O) groups excluding carboxylic acids is 2. The molecule has 174 valence electrons. The maximum atomic E-state index is 12.7. The summed E-state index contributed by atoms with van der Waals surface area (Å²) in [5.74, 6) is -2.85. The van der Waals surface area contributed by atoms with Gasteiger partial charge in [-0.3, -0.25) is 14.6 Å². The van der Waals surface area contributed by atoms with Gasteiger partial charge in [-0.15, -0.1) is 0 Å². The number of fused-ring (bicyclic) bond motifs is 1. The Morgan fingerprint density at radius 3 is 2.44 bits per heavy atom. The monoisotopic (exact) mass is 447 g/mol. The number of aromatic nitrogens is 1. The van der Waals surface area contributed by atoms with Gasteiger partial charge in [0, 0.05) is 23.6 Å². The number of nitrogens with one attached hydrogen (secondary N) is 3. The quantitative estimate of drug-likeness (QED) is 0.104. The standard InChI is InChI=1S/C20H29N7O5/c21-13(8-11-9-25-14-5-2-1-4-12(11)14)17(29)26-15(6-3-7-24-20(22)23)18(30)27-16(10-28)19(31)32/h1-2,4-5,9,13,15-16,25,28H,3,6-8,10,21H2,(H,26,29)(H,27,30)(H,31,32)(H4,22,23,24). The van der Waals surface area contributed by atoms with Gasteiger partial charge in [-0.1, -0.05) is 18.2 Å². The third kappa shape index (κ3) is 6.96. The van der Waals surface area contributed by atoms with Crippen molar-refractivity contribution in [2.75, 3.05) is 13.2 Å². The number of benzene rings is 1. The summed E-state index contributed by atoms with van der Waals surface area (Å²) in [5, 5.41) is 23.9. The number of aliphatic hydroxyl groups is 1. The van der Waals surface area contributed by atoms with Crippen LogP contribution in [0.25, 0.3) is 10.9 Å². The average Bonchev–Trinajstić information content (AvgIpc) is 3.16. The van der Waals surface area contributed by atoms with Crippen LogP contribution in [0.3, 0.4) is 0 Å². The number of rotatable bonds is 12. The Morgan fingerprint density at radius 1 is 1.09 bits per heavy atom. The first-order valence-electron chi connectivity index (χ1n) is 10.0. The second-order valence-electron chi connectivity index (χ2n) is 7.26. The molecule has 0 saturated heterocycles. The summed E-state index contributed by atoms with van der Waals surface area (Å²) in [5.41, 5.74) is 18.4. The lowest BCUT2D eigenvalue weighted by atomic mass is 10.0. The zero-order valence-corrected chi connectivity index (χ0v) is 17.5. The Balaban J connectivity index is 2.06. The molecule has 12 nitrogen and oxygen atoms in total. The van der Waals surface area contributed by atoms with E-state index in [1.54, 1.807) is 6.20 Å². The minimum atomic E-state index is -1.50. The van der Waals surface area contributed by atoms with Gasteiger partial charge >= 0.3 is 5.97 Å². The lowest BCUT2D eigenvalue weighted by molar-refractivity contribution is -0.143. The highest BCUT2D eigenvalue weighted by Gasteiger charge is 2.27. The van der Waals surface area contributed by atoms with Crippen LogP contribution in [0.4, 0.5) is 0 Å². The van der Waals surface area contributed by atoms with E-state index in [4.69, 9.17) is 27.4 Å². The van der Waals surface area contributed by atoms with Crippen LogP contribution in [0.2, 0.25) is 0 Å². The van der Waals surface area contributed by atoms with E-state index in [1.165, 1.54) is 0 Å². The molecule has 3 unspecified atom stereocenters. The molecule has 1 heterocycles. The van der Waals surface area contributed by atoms with Crippen LogP contribution in [0.1, 0.15) is 18.4 Å². The Morgan fingerprint density at radius 2 is 1.78 bits per heavy atom. The van der Waals surface area contributed by atoms with Crippen molar-refractivity contribution >= 4 is 34.6 Å². The van der Waals surface area contributed by atoms with Gasteiger partial charge in [-0.25, -0.2) is 4.79 Å².